The standard InChI is InChI=1S/C15H22ClN3O/c1-10-6-7-11(15(17)20)9-19(10)14-5-3-4-13(16)12(14)8-18-2/h3-5,10-11,18H,6-9H2,1-2H3,(H2,17,20). The zero-order valence-electron chi connectivity index (χ0n) is 12.0. The molecule has 1 aliphatic rings. The normalized spacial score (nSPS) is 22.9. The summed E-state index contributed by atoms with van der Waals surface area (Å²) in [6, 6.07) is 6.31. The van der Waals surface area contributed by atoms with Gasteiger partial charge in [-0.25, -0.2) is 0 Å². The smallest absolute Gasteiger partial charge is 0.222 e. The van der Waals surface area contributed by atoms with Crippen molar-refractivity contribution in [2.24, 2.45) is 11.7 Å². The van der Waals surface area contributed by atoms with Gasteiger partial charge in [-0.2, -0.15) is 0 Å². The van der Waals surface area contributed by atoms with Gasteiger partial charge in [0.25, 0.3) is 0 Å². The summed E-state index contributed by atoms with van der Waals surface area (Å²) in [5, 5.41) is 3.91. The number of hydrogen-bond acceptors (Lipinski definition) is 3. The van der Waals surface area contributed by atoms with E-state index in [0.717, 1.165) is 29.1 Å². The number of carbonyl (C=O) groups is 1. The lowest BCUT2D eigenvalue weighted by molar-refractivity contribution is -0.122. The highest BCUT2D eigenvalue weighted by Gasteiger charge is 2.30. The molecule has 110 valence electrons. The number of nitrogens with one attached hydrogen (secondary N) is 1. The predicted octanol–water partition coefficient (Wildman–Crippen LogP) is 2.15. The fourth-order valence-corrected chi connectivity index (χ4v) is 3.08. The summed E-state index contributed by atoms with van der Waals surface area (Å²) in [7, 11) is 1.90. The molecule has 0 radical (unpaired) electrons. The topological polar surface area (TPSA) is 58.4 Å². The van der Waals surface area contributed by atoms with Crippen molar-refractivity contribution in [2.75, 3.05) is 18.5 Å². The molecule has 1 amide bonds. The highest BCUT2D eigenvalue weighted by molar-refractivity contribution is 6.31. The second-order valence-electron chi connectivity index (χ2n) is 5.45. The van der Waals surface area contributed by atoms with Crippen LogP contribution in [0, 0.1) is 5.92 Å². The maximum Gasteiger partial charge on any atom is 0.222 e. The number of nitrogens with zero attached hydrogens (tertiary/aromatic N) is 1. The van der Waals surface area contributed by atoms with Crippen LogP contribution in [0.15, 0.2) is 18.2 Å². The molecule has 3 N–H and O–H groups in total. The maximum atomic E-state index is 11.5. The molecule has 1 aromatic carbocycles. The number of nitrogens with two attached hydrogens (primary N) is 1. The van der Waals surface area contributed by atoms with Crippen LogP contribution in [0.5, 0.6) is 0 Å². The molecule has 1 saturated heterocycles. The molecule has 0 spiro atoms. The van der Waals surface area contributed by atoms with Gasteiger partial charge in [-0.05, 0) is 38.9 Å². The molecule has 0 aliphatic carbocycles. The summed E-state index contributed by atoms with van der Waals surface area (Å²) in [6.07, 6.45) is 1.84. The molecule has 1 fully saturated rings. The van der Waals surface area contributed by atoms with E-state index in [1.165, 1.54) is 0 Å². The van der Waals surface area contributed by atoms with Crippen molar-refractivity contribution in [3.8, 4) is 0 Å². The molecular formula is C15H22ClN3O. The van der Waals surface area contributed by atoms with Crippen LogP contribution >= 0.6 is 11.6 Å². The average molecular weight is 296 g/mol. The van der Waals surface area contributed by atoms with E-state index in [-0.39, 0.29) is 11.8 Å². The quantitative estimate of drug-likeness (QED) is 0.895. The summed E-state index contributed by atoms with van der Waals surface area (Å²) >= 11 is 6.32. The number of piperidine rings is 1. The monoisotopic (exact) mass is 295 g/mol. The Morgan fingerprint density at radius 2 is 2.25 bits per heavy atom. The van der Waals surface area contributed by atoms with Crippen LogP contribution in [-0.4, -0.2) is 25.5 Å². The Labute approximate surface area is 125 Å². The minimum atomic E-state index is -0.209. The van der Waals surface area contributed by atoms with Crippen molar-refractivity contribution in [2.45, 2.75) is 32.4 Å². The Bertz CT molecular complexity index is 492. The van der Waals surface area contributed by atoms with Gasteiger partial charge in [-0.15, -0.1) is 0 Å². The Hall–Kier alpha value is -1.26. The van der Waals surface area contributed by atoms with E-state index in [2.05, 4.69) is 23.2 Å². The van der Waals surface area contributed by atoms with E-state index in [1.54, 1.807) is 0 Å². The van der Waals surface area contributed by atoms with E-state index in [0.29, 0.717) is 19.1 Å². The van der Waals surface area contributed by atoms with Crippen molar-refractivity contribution >= 4 is 23.2 Å². The zero-order chi connectivity index (χ0) is 14.7. The second kappa shape index (κ2) is 6.46. The molecule has 0 saturated carbocycles. The van der Waals surface area contributed by atoms with Crippen LogP contribution in [0.25, 0.3) is 0 Å². The fraction of sp³-hybridized carbons (Fsp3) is 0.533. The number of hydrogen-bond donors (Lipinski definition) is 2. The van der Waals surface area contributed by atoms with Gasteiger partial charge in [0.1, 0.15) is 0 Å². The zero-order valence-corrected chi connectivity index (χ0v) is 12.8. The first kappa shape index (κ1) is 15.1. The number of primary amides is 1. The SMILES string of the molecule is CNCc1c(Cl)cccc1N1CC(C(N)=O)CCC1C. The fourth-order valence-electron chi connectivity index (χ4n) is 2.84. The van der Waals surface area contributed by atoms with Crippen LogP contribution in [0.4, 0.5) is 5.69 Å². The first-order chi connectivity index (χ1) is 9.54. The van der Waals surface area contributed by atoms with Gasteiger partial charge in [-0.1, -0.05) is 17.7 Å². The first-order valence-electron chi connectivity index (χ1n) is 7.02. The summed E-state index contributed by atoms with van der Waals surface area (Å²) in [5.74, 6) is -0.285. The van der Waals surface area contributed by atoms with Crippen molar-refractivity contribution in [1.29, 1.82) is 0 Å². The van der Waals surface area contributed by atoms with E-state index in [4.69, 9.17) is 17.3 Å². The molecule has 1 heterocycles. The first-order valence-corrected chi connectivity index (χ1v) is 7.40. The van der Waals surface area contributed by atoms with Gasteiger partial charge in [0.15, 0.2) is 0 Å². The lowest BCUT2D eigenvalue weighted by Gasteiger charge is -2.39. The highest BCUT2D eigenvalue weighted by atomic mass is 35.5. The predicted molar refractivity (Wildman–Crippen MR) is 82.9 cm³/mol. The number of rotatable bonds is 4. The summed E-state index contributed by atoms with van der Waals surface area (Å²) in [6.45, 7) is 3.56. The lowest BCUT2D eigenvalue weighted by atomic mass is 9.92. The van der Waals surface area contributed by atoms with Crippen LogP contribution in [0.1, 0.15) is 25.3 Å². The second-order valence-corrected chi connectivity index (χ2v) is 5.85. The number of halogens is 1. The van der Waals surface area contributed by atoms with Crippen LogP contribution in [0.3, 0.4) is 0 Å². The Balaban J connectivity index is 2.33. The van der Waals surface area contributed by atoms with E-state index < -0.39 is 0 Å². The number of anilines is 1. The lowest BCUT2D eigenvalue weighted by Crippen LogP contribution is -2.46. The molecule has 1 aromatic rings. The maximum absolute atomic E-state index is 11.5. The molecule has 2 atom stereocenters. The molecule has 0 aromatic heterocycles. The van der Waals surface area contributed by atoms with E-state index >= 15 is 0 Å². The molecule has 2 unspecified atom stereocenters. The van der Waals surface area contributed by atoms with Crippen LogP contribution in [0.2, 0.25) is 5.02 Å². The summed E-state index contributed by atoms with van der Waals surface area (Å²) < 4.78 is 0. The third-order valence-corrected chi connectivity index (χ3v) is 4.40. The largest absolute Gasteiger partial charge is 0.369 e. The molecule has 2 rings (SSSR count). The van der Waals surface area contributed by atoms with Gasteiger partial charge in [0, 0.05) is 35.4 Å². The minimum absolute atomic E-state index is 0.0763. The summed E-state index contributed by atoms with van der Waals surface area (Å²) in [4.78, 5) is 13.7. The van der Waals surface area contributed by atoms with Gasteiger partial charge >= 0.3 is 0 Å². The van der Waals surface area contributed by atoms with Crippen LogP contribution < -0.4 is 16.0 Å². The molecule has 1 aliphatic heterocycles. The van der Waals surface area contributed by atoms with Crippen molar-refractivity contribution in [3.05, 3.63) is 28.8 Å². The molecule has 5 heteroatoms. The van der Waals surface area contributed by atoms with Gasteiger partial charge in [0.05, 0.1) is 5.92 Å². The summed E-state index contributed by atoms with van der Waals surface area (Å²) in [5.41, 5.74) is 7.66. The van der Waals surface area contributed by atoms with Crippen molar-refractivity contribution in [3.63, 3.8) is 0 Å². The van der Waals surface area contributed by atoms with E-state index in [1.807, 2.05) is 19.2 Å². The average Bonchev–Trinajstić information content (AvgIpc) is 2.42. The minimum Gasteiger partial charge on any atom is -0.369 e. The third-order valence-electron chi connectivity index (χ3n) is 4.04. The van der Waals surface area contributed by atoms with Crippen LogP contribution in [-0.2, 0) is 11.3 Å². The Kier molecular flexibility index (Phi) is 4.89. The van der Waals surface area contributed by atoms with Gasteiger partial charge < -0.3 is 16.0 Å². The van der Waals surface area contributed by atoms with Crippen molar-refractivity contribution < 1.29 is 4.79 Å². The number of benzene rings is 1. The molecule has 0 bridgehead atoms. The third kappa shape index (κ3) is 3.07. The Morgan fingerprint density at radius 1 is 1.50 bits per heavy atom. The van der Waals surface area contributed by atoms with Gasteiger partial charge in [0.2, 0.25) is 5.91 Å². The van der Waals surface area contributed by atoms with E-state index in [9.17, 15) is 4.79 Å². The Morgan fingerprint density at radius 3 is 2.90 bits per heavy atom. The molecule has 20 heavy (non-hydrogen) atoms. The van der Waals surface area contributed by atoms with Crippen molar-refractivity contribution in [1.82, 2.24) is 5.32 Å². The number of carbonyl (C=O) groups excluding carboxylic acids is 1. The molecular weight excluding hydrogens is 274 g/mol. The highest BCUT2D eigenvalue weighted by Crippen LogP contribution is 2.33. The number of amides is 1. The molecule has 4 nitrogen and oxygen atoms in total. The van der Waals surface area contributed by atoms with Gasteiger partial charge in [-0.3, -0.25) is 4.79 Å².